The van der Waals surface area contributed by atoms with Gasteiger partial charge in [-0.05, 0) is 43.5 Å². The molecule has 1 aromatic rings. The summed E-state index contributed by atoms with van der Waals surface area (Å²) < 4.78 is 13.1. The van der Waals surface area contributed by atoms with Gasteiger partial charge >= 0.3 is 0 Å². The molecule has 0 saturated carbocycles. The zero-order chi connectivity index (χ0) is 11.5. The predicted molar refractivity (Wildman–Crippen MR) is 70.9 cm³/mol. The highest BCUT2D eigenvalue weighted by molar-refractivity contribution is 5.85. The van der Waals surface area contributed by atoms with E-state index in [0.29, 0.717) is 6.04 Å². The Kier molecular flexibility index (Phi) is 5.37. The molecule has 4 heteroatoms. The van der Waals surface area contributed by atoms with Gasteiger partial charge in [-0.1, -0.05) is 12.1 Å². The van der Waals surface area contributed by atoms with Crippen molar-refractivity contribution in [2.75, 3.05) is 13.1 Å². The van der Waals surface area contributed by atoms with Gasteiger partial charge in [0.2, 0.25) is 0 Å². The number of halogens is 2. The maximum atomic E-state index is 13.1. The molecule has 1 aliphatic rings. The summed E-state index contributed by atoms with van der Waals surface area (Å²) in [5.74, 6) is -0.126. The lowest BCUT2D eigenvalue weighted by Crippen LogP contribution is -2.42. The number of benzene rings is 1. The van der Waals surface area contributed by atoms with Gasteiger partial charge in [0.1, 0.15) is 5.82 Å². The first-order valence-electron chi connectivity index (χ1n) is 5.88. The molecule has 2 nitrogen and oxygen atoms in total. The Labute approximate surface area is 108 Å². The molecule has 0 radical (unpaired) electrons. The Morgan fingerprint density at radius 1 is 1.47 bits per heavy atom. The molecule has 1 fully saturated rings. The van der Waals surface area contributed by atoms with E-state index in [1.54, 1.807) is 13.0 Å². The summed E-state index contributed by atoms with van der Waals surface area (Å²) in [6.45, 7) is 4.75. The minimum absolute atomic E-state index is 0. The zero-order valence-corrected chi connectivity index (χ0v) is 11.0. The van der Waals surface area contributed by atoms with Crippen molar-refractivity contribution in [3.63, 3.8) is 0 Å². The second-order valence-electron chi connectivity index (χ2n) is 4.72. The van der Waals surface area contributed by atoms with Crippen molar-refractivity contribution in [2.24, 2.45) is 5.73 Å². The van der Waals surface area contributed by atoms with Crippen molar-refractivity contribution in [1.29, 1.82) is 0 Å². The van der Waals surface area contributed by atoms with Crippen LogP contribution in [0, 0.1) is 12.7 Å². The van der Waals surface area contributed by atoms with Crippen LogP contribution in [0.3, 0.4) is 0 Å². The van der Waals surface area contributed by atoms with Crippen LogP contribution in [-0.2, 0) is 6.54 Å². The largest absolute Gasteiger partial charge is 0.327 e. The van der Waals surface area contributed by atoms with E-state index in [1.165, 1.54) is 12.0 Å². The first kappa shape index (κ1) is 14.4. The van der Waals surface area contributed by atoms with Gasteiger partial charge in [-0.2, -0.15) is 0 Å². The van der Waals surface area contributed by atoms with Gasteiger partial charge in [-0.15, -0.1) is 12.4 Å². The number of hydrogen-bond acceptors (Lipinski definition) is 2. The fourth-order valence-corrected chi connectivity index (χ4v) is 2.30. The number of rotatable bonds is 2. The number of nitrogens with two attached hydrogens (primary N) is 1. The summed E-state index contributed by atoms with van der Waals surface area (Å²) in [6, 6.07) is 5.64. The van der Waals surface area contributed by atoms with Crippen molar-refractivity contribution < 1.29 is 4.39 Å². The molecular weight excluding hydrogens is 239 g/mol. The van der Waals surface area contributed by atoms with Gasteiger partial charge in [-0.25, -0.2) is 4.39 Å². The molecule has 1 saturated heterocycles. The van der Waals surface area contributed by atoms with E-state index in [0.717, 1.165) is 31.6 Å². The van der Waals surface area contributed by atoms with Crippen molar-refractivity contribution in [1.82, 2.24) is 4.90 Å². The van der Waals surface area contributed by atoms with Gasteiger partial charge in [0.25, 0.3) is 0 Å². The number of aryl methyl sites for hydroxylation is 1. The number of likely N-dealkylation sites (tertiary alicyclic amines) is 1. The fraction of sp³-hybridized carbons (Fsp3) is 0.538. The quantitative estimate of drug-likeness (QED) is 0.883. The van der Waals surface area contributed by atoms with Crippen molar-refractivity contribution in [3.05, 3.63) is 35.1 Å². The average molecular weight is 259 g/mol. The molecule has 1 heterocycles. The van der Waals surface area contributed by atoms with E-state index in [-0.39, 0.29) is 18.2 Å². The molecule has 0 aromatic heterocycles. The fourth-order valence-electron chi connectivity index (χ4n) is 2.30. The Balaban J connectivity index is 0.00000144. The smallest absolute Gasteiger partial charge is 0.126 e. The van der Waals surface area contributed by atoms with E-state index in [1.807, 2.05) is 12.1 Å². The lowest BCUT2D eigenvalue weighted by Gasteiger charge is -2.30. The van der Waals surface area contributed by atoms with Crippen LogP contribution in [0.15, 0.2) is 18.2 Å². The maximum Gasteiger partial charge on any atom is 0.126 e. The summed E-state index contributed by atoms with van der Waals surface area (Å²) in [5, 5.41) is 0. The molecule has 2 N–H and O–H groups in total. The molecule has 1 unspecified atom stereocenters. The molecule has 0 aliphatic carbocycles. The molecule has 1 atom stereocenters. The van der Waals surface area contributed by atoms with Crippen LogP contribution in [0.4, 0.5) is 4.39 Å². The van der Waals surface area contributed by atoms with Crippen LogP contribution in [0.2, 0.25) is 0 Å². The van der Waals surface area contributed by atoms with Gasteiger partial charge in [-0.3, -0.25) is 4.90 Å². The highest BCUT2D eigenvalue weighted by atomic mass is 35.5. The third-order valence-electron chi connectivity index (χ3n) is 3.17. The molecule has 0 spiro atoms. The molecule has 2 rings (SSSR count). The number of nitrogens with zero attached hydrogens (tertiary/aromatic N) is 1. The average Bonchev–Trinajstić information content (AvgIpc) is 2.24. The lowest BCUT2D eigenvalue weighted by molar-refractivity contribution is 0.201. The van der Waals surface area contributed by atoms with E-state index in [9.17, 15) is 4.39 Å². The van der Waals surface area contributed by atoms with E-state index in [2.05, 4.69) is 4.90 Å². The summed E-state index contributed by atoms with van der Waals surface area (Å²) >= 11 is 0. The molecule has 0 bridgehead atoms. The van der Waals surface area contributed by atoms with Crippen LogP contribution in [0.5, 0.6) is 0 Å². The molecule has 1 aliphatic heterocycles. The van der Waals surface area contributed by atoms with Crippen LogP contribution < -0.4 is 5.73 Å². The molecule has 17 heavy (non-hydrogen) atoms. The highest BCUT2D eigenvalue weighted by Crippen LogP contribution is 2.15. The summed E-state index contributed by atoms with van der Waals surface area (Å²) in [4.78, 5) is 2.35. The number of piperidine rings is 1. The topological polar surface area (TPSA) is 29.3 Å². The first-order chi connectivity index (χ1) is 7.65. The van der Waals surface area contributed by atoms with Crippen LogP contribution >= 0.6 is 12.4 Å². The minimum Gasteiger partial charge on any atom is -0.327 e. The SMILES string of the molecule is Cc1cc(CN2CCCC(N)C2)ccc1F.Cl. The van der Waals surface area contributed by atoms with Gasteiger partial charge < -0.3 is 5.73 Å². The van der Waals surface area contributed by atoms with E-state index < -0.39 is 0 Å². The third-order valence-corrected chi connectivity index (χ3v) is 3.17. The molecule has 96 valence electrons. The predicted octanol–water partition coefficient (Wildman–Crippen LogP) is 2.48. The second-order valence-corrected chi connectivity index (χ2v) is 4.72. The number of hydrogen-bond donors (Lipinski definition) is 1. The lowest BCUT2D eigenvalue weighted by atomic mass is 10.1. The van der Waals surface area contributed by atoms with Crippen LogP contribution in [0.1, 0.15) is 24.0 Å². The standard InChI is InChI=1S/C13H19FN2.ClH/c1-10-7-11(4-5-13(10)14)8-16-6-2-3-12(15)9-16;/h4-5,7,12H,2-3,6,8-9,15H2,1H3;1H. The first-order valence-corrected chi connectivity index (χ1v) is 5.88. The molecule has 1 aromatic carbocycles. The summed E-state index contributed by atoms with van der Waals surface area (Å²) in [5.41, 5.74) is 7.83. The summed E-state index contributed by atoms with van der Waals surface area (Å²) in [6.07, 6.45) is 2.29. The second kappa shape index (κ2) is 6.34. The van der Waals surface area contributed by atoms with Crippen LogP contribution in [0.25, 0.3) is 0 Å². The third kappa shape index (κ3) is 3.95. The van der Waals surface area contributed by atoms with Gasteiger partial charge in [0.05, 0.1) is 0 Å². The Hall–Kier alpha value is -0.640. The maximum absolute atomic E-state index is 13.1. The van der Waals surface area contributed by atoms with E-state index in [4.69, 9.17) is 5.73 Å². The van der Waals surface area contributed by atoms with Crippen LogP contribution in [-0.4, -0.2) is 24.0 Å². The summed E-state index contributed by atoms with van der Waals surface area (Å²) in [7, 11) is 0. The minimum atomic E-state index is -0.126. The monoisotopic (exact) mass is 258 g/mol. The van der Waals surface area contributed by atoms with E-state index >= 15 is 0 Å². The van der Waals surface area contributed by atoms with Crippen molar-refractivity contribution >= 4 is 12.4 Å². The Morgan fingerprint density at radius 2 is 2.24 bits per heavy atom. The Morgan fingerprint density at radius 3 is 2.88 bits per heavy atom. The zero-order valence-electron chi connectivity index (χ0n) is 10.2. The highest BCUT2D eigenvalue weighted by Gasteiger charge is 2.16. The van der Waals surface area contributed by atoms with Crippen molar-refractivity contribution in [2.45, 2.75) is 32.4 Å². The normalized spacial score (nSPS) is 21.0. The van der Waals surface area contributed by atoms with Gasteiger partial charge in [0, 0.05) is 19.1 Å². The van der Waals surface area contributed by atoms with Gasteiger partial charge in [0.15, 0.2) is 0 Å². The molecule has 0 amide bonds. The molecular formula is C13H20ClFN2. The van der Waals surface area contributed by atoms with Crippen molar-refractivity contribution in [3.8, 4) is 0 Å². The Bertz CT molecular complexity index is 370.